The molecule has 3 rings (SSSR count). The molecule has 1 aliphatic heterocycles. The van der Waals surface area contributed by atoms with Gasteiger partial charge in [-0.3, -0.25) is 13.9 Å². The molecule has 2 aromatic carbocycles. The first kappa shape index (κ1) is 27.5. The van der Waals surface area contributed by atoms with E-state index < -0.39 is 37.7 Å². The van der Waals surface area contributed by atoms with Crippen LogP contribution >= 0.6 is 0 Å². The van der Waals surface area contributed by atoms with Gasteiger partial charge in [-0.15, -0.1) is 0 Å². The Morgan fingerprint density at radius 3 is 1.86 bits per heavy atom. The Labute approximate surface area is 210 Å². The number of carboxylic acids is 1. The summed E-state index contributed by atoms with van der Waals surface area (Å²) in [5.74, 6) is -0.771. The Hall–Kier alpha value is -3.07. The first-order chi connectivity index (χ1) is 16.8. The number of fused-ring (bicyclic) bond motifs is 2. The van der Waals surface area contributed by atoms with E-state index in [1.807, 2.05) is 12.1 Å². The molecule has 0 atom stereocenters. The molecule has 0 bridgehead atoms. The van der Waals surface area contributed by atoms with Crippen molar-refractivity contribution in [1.29, 1.82) is 0 Å². The fourth-order valence-electron chi connectivity index (χ4n) is 3.73. The second-order valence-electron chi connectivity index (χ2n) is 8.42. The summed E-state index contributed by atoms with van der Waals surface area (Å²) in [5, 5.41) is 12.2. The average Bonchev–Trinajstić information content (AvgIpc) is 2.78. The van der Waals surface area contributed by atoms with Gasteiger partial charge in [-0.25, -0.2) is 0 Å². The standard InChI is InChI=1S/C22H29N3O9S2/c1-24(11-8-22(26)27)16-4-6-18-20(14-16)34-21-15-17(5-7-19(21)23-18)25(9-2-12-35(28,29)30)10-3-13-36(31,32)33/h4-7,14-15,23H,2-3,8-13H2,1H3,(H,26,27)(H,28,29,30)(H,31,32,33). The second kappa shape index (κ2) is 11.3. The summed E-state index contributed by atoms with van der Waals surface area (Å²) >= 11 is 0. The molecule has 0 fully saturated rings. The molecule has 0 radical (unpaired) electrons. The number of rotatable bonds is 13. The van der Waals surface area contributed by atoms with Crippen molar-refractivity contribution in [2.45, 2.75) is 19.3 Å². The third kappa shape index (κ3) is 8.26. The van der Waals surface area contributed by atoms with Crippen molar-refractivity contribution in [3.63, 3.8) is 0 Å². The number of carbonyl (C=O) groups is 1. The molecule has 0 saturated carbocycles. The van der Waals surface area contributed by atoms with Gasteiger partial charge in [-0.2, -0.15) is 16.8 Å². The van der Waals surface area contributed by atoms with E-state index in [1.54, 1.807) is 41.1 Å². The zero-order chi connectivity index (χ0) is 26.5. The maximum atomic E-state index is 11.1. The molecule has 36 heavy (non-hydrogen) atoms. The van der Waals surface area contributed by atoms with Crippen LogP contribution in [0.15, 0.2) is 36.4 Å². The normalized spacial score (nSPS) is 12.6. The van der Waals surface area contributed by atoms with E-state index >= 15 is 0 Å². The zero-order valence-corrected chi connectivity index (χ0v) is 21.3. The van der Waals surface area contributed by atoms with Crippen LogP contribution in [0, 0.1) is 0 Å². The molecule has 0 aromatic heterocycles. The number of aliphatic carboxylic acids is 1. The van der Waals surface area contributed by atoms with Crippen LogP contribution in [-0.2, 0) is 25.0 Å². The topological polar surface area (TPSA) is 174 Å². The van der Waals surface area contributed by atoms with Crippen molar-refractivity contribution in [2.75, 3.05) is 53.3 Å². The molecule has 12 nitrogen and oxygen atoms in total. The predicted octanol–water partition coefficient (Wildman–Crippen LogP) is 2.81. The lowest BCUT2D eigenvalue weighted by Gasteiger charge is -2.28. The largest absolute Gasteiger partial charge is 0.481 e. The maximum Gasteiger partial charge on any atom is 0.305 e. The van der Waals surface area contributed by atoms with E-state index in [0.717, 1.165) is 11.4 Å². The highest BCUT2D eigenvalue weighted by atomic mass is 32.2. The predicted molar refractivity (Wildman–Crippen MR) is 136 cm³/mol. The highest BCUT2D eigenvalue weighted by molar-refractivity contribution is 7.86. The van der Waals surface area contributed by atoms with Crippen LogP contribution in [0.4, 0.5) is 22.7 Å². The molecule has 0 aliphatic carbocycles. The lowest BCUT2D eigenvalue weighted by molar-refractivity contribution is -0.136. The number of anilines is 4. The Kier molecular flexibility index (Phi) is 8.66. The van der Waals surface area contributed by atoms with Gasteiger partial charge < -0.3 is 25.0 Å². The minimum atomic E-state index is -4.15. The quantitative estimate of drug-likeness (QED) is 0.232. The molecule has 14 heteroatoms. The fourth-order valence-corrected chi connectivity index (χ4v) is 4.72. The molecule has 0 spiro atoms. The van der Waals surface area contributed by atoms with Crippen LogP contribution in [0.25, 0.3) is 0 Å². The molecule has 1 aliphatic rings. The van der Waals surface area contributed by atoms with Crippen LogP contribution in [0.5, 0.6) is 11.5 Å². The monoisotopic (exact) mass is 543 g/mol. The number of hydrogen-bond donors (Lipinski definition) is 4. The van der Waals surface area contributed by atoms with Crippen molar-refractivity contribution in [3.05, 3.63) is 36.4 Å². The van der Waals surface area contributed by atoms with E-state index in [4.69, 9.17) is 18.9 Å². The van der Waals surface area contributed by atoms with Crippen molar-refractivity contribution < 1.29 is 40.6 Å². The van der Waals surface area contributed by atoms with Gasteiger partial charge in [-0.1, -0.05) is 0 Å². The van der Waals surface area contributed by atoms with Crippen molar-refractivity contribution >= 4 is 49.0 Å². The third-order valence-corrected chi connectivity index (χ3v) is 7.16. The number of nitrogens with zero attached hydrogens (tertiary/aromatic N) is 2. The van der Waals surface area contributed by atoms with Gasteiger partial charge >= 0.3 is 5.97 Å². The number of ether oxygens (including phenoxy) is 1. The number of hydrogen-bond acceptors (Lipinski definition) is 9. The Balaban J connectivity index is 1.79. The number of carboxylic acid groups (broad SMARTS) is 1. The van der Waals surface area contributed by atoms with Gasteiger partial charge in [0.25, 0.3) is 20.2 Å². The zero-order valence-electron chi connectivity index (χ0n) is 19.6. The molecule has 1 heterocycles. The van der Waals surface area contributed by atoms with E-state index in [9.17, 15) is 21.6 Å². The second-order valence-corrected chi connectivity index (χ2v) is 11.6. The minimum absolute atomic E-state index is 0.0100. The van der Waals surface area contributed by atoms with Crippen LogP contribution < -0.4 is 19.9 Å². The van der Waals surface area contributed by atoms with Crippen LogP contribution in [0.3, 0.4) is 0 Å². The summed E-state index contributed by atoms with van der Waals surface area (Å²) in [5.41, 5.74) is 2.82. The van der Waals surface area contributed by atoms with Crippen LogP contribution in [0.1, 0.15) is 19.3 Å². The number of nitrogens with one attached hydrogen (secondary N) is 1. The molecular formula is C22H29N3O9S2. The Morgan fingerprint density at radius 2 is 1.36 bits per heavy atom. The summed E-state index contributed by atoms with van der Waals surface area (Å²) in [6, 6.07) is 10.7. The summed E-state index contributed by atoms with van der Waals surface area (Å²) < 4.78 is 68.6. The summed E-state index contributed by atoms with van der Waals surface area (Å²) in [6.07, 6.45) is 0.204. The van der Waals surface area contributed by atoms with Gasteiger partial charge in [0.05, 0.1) is 29.3 Å². The third-order valence-electron chi connectivity index (χ3n) is 5.55. The van der Waals surface area contributed by atoms with Gasteiger partial charge in [-0.05, 0) is 37.1 Å². The maximum absolute atomic E-state index is 11.1. The van der Waals surface area contributed by atoms with E-state index in [0.29, 0.717) is 29.4 Å². The molecule has 4 N–H and O–H groups in total. The molecule has 0 unspecified atom stereocenters. The minimum Gasteiger partial charge on any atom is -0.481 e. The lowest BCUT2D eigenvalue weighted by Crippen LogP contribution is -2.28. The lowest BCUT2D eigenvalue weighted by atomic mass is 10.1. The van der Waals surface area contributed by atoms with Crippen molar-refractivity contribution in [2.24, 2.45) is 0 Å². The van der Waals surface area contributed by atoms with Gasteiger partial charge in [0.2, 0.25) is 0 Å². The van der Waals surface area contributed by atoms with Crippen LogP contribution in [-0.4, -0.2) is 75.2 Å². The van der Waals surface area contributed by atoms with Gasteiger partial charge in [0.1, 0.15) is 0 Å². The van der Waals surface area contributed by atoms with Gasteiger partial charge in [0, 0.05) is 50.2 Å². The molecular weight excluding hydrogens is 514 g/mol. The van der Waals surface area contributed by atoms with Crippen molar-refractivity contribution in [1.82, 2.24) is 0 Å². The van der Waals surface area contributed by atoms with E-state index in [2.05, 4.69) is 5.32 Å². The summed E-state index contributed by atoms with van der Waals surface area (Å²) in [4.78, 5) is 14.4. The van der Waals surface area contributed by atoms with Crippen LogP contribution in [0.2, 0.25) is 0 Å². The highest BCUT2D eigenvalue weighted by Crippen LogP contribution is 2.44. The SMILES string of the molecule is CN(CCC(=O)O)c1ccc2c(c1)Oc1cc(N(CCCS(=O)(=O)O)CCCS(=O)(=O)O)ccc1N2. The van der Waals surface area contributed by atoms with E-state index in [-0.39, 0.29) is 32.4 Å². The molecule has 198 valence electrons. The molecule has 2 aromatic rings. The fraction of sp³-hybridized carbons (Fsp3) is 0.409. The first-order valence-electron chi connectivity index (χ1n) is 11.1. The smallest absolute Gasteiger partial charge is 0.305 e. The summed E-state index contributed by atoms with van der Waals surface area (Å²) in [7, 11) is -6.51. The van der Waals surface area contributed by atoms with Gasteiger partial charge in [0.15, 0.2) is 11.5 Å². The first-order valence-corrected chi connectivity index (χ1v) is 14.3. The highest BCUT2D eigenvalue weighted by Gasteiger charge is 2.20. The average molecular weight is 544 g/mol. The Bertz CT molecular complexity index is 1280. The number of benzene rings is 2. The molecule has 0 saturated heterocycles. The van der Waals surface area contributed by atoms with Crippen molar-refractivity contribution in [3.8, 4) is 11.5 Å². The molecule has 0 amide bonds. The summed E-state index contributed by atoms with van der Waals surface area (Å²) in [6.45, 7) is 0.754. The van der Waals surface area contributed by atoms with E-state index in [1.165, 1.54) is 0 Å². The Morgan fingerprint density at radius 1 is 0.861 bits per heavy atom.